The van der Waals surface area contributed by atoms with E-state index >= 15 is 0 Å². The van der Waals surface area contributed by atoms with Gasteiger partial charge in [-0.2, -0.15) is 4.98 Å². The Labute approximate surface area is 117 Å². The first-order valence-electron chi connectivity index (χ1n) is 5.87. The zero-order valence-electron chi connectivity index (χ0n) is 10.6. The van der Waals surface area contributed by atoms with Gasteiger partial charge in [-0.25, -0.2) is 8.78 Å². The van der Waals surface area contributed by atoms with Gasteiger partial charge in [-0.15, -0.1) is 11.3 Å². The summed E-state index contributed by atoms with van der Waals surface area (Å²) in [5.74, 6) is -0.814. The molecular formula is C13H11F2N3OS. The number of halogens is 2. The molecule has 0 spiro atoms. The first kappa shape index (κ1) is 12.9. The Balaban J connectivity index is 1.92. The van der Waals surface area contributed by atoms with Crippen molar-refractivity contribution in [3.8, 4) is 5.88 Å². The second-order valence-corrected chi connectivity index (χ2v) is 4.95. The molecule has 20 heavy (non-hydrogen) atoms. The lowest BCUT2D eigenvalue weighted by Gasteiger charge is -2.09. The van der Waals surface area contributed by atoms with Gasteiger partial charge in [-0.3, -0.25) is 4.40 Å². The van der Waals surface area contributed by atoms with Crippen LogP contribution in [0.2, 0.25) is 0 Å². The first-order chi connectivity index (χ1) is 9.70. The predicted octanol–water partition coefficient (Wildman–Crippen LogP) is 3.29. The van der Waals surface area contributed by atoms with Crippen LogP contribution in [0.3, 0.4) is 0 Å². The van der Waals surface area contributed by atoms with Crippen LogP contribution in [0.25, 0.3) is 4.96 Å². The molecule has 7 heteroatoms. The number of aromatic nitrogens is 2. The van der Waals surface area contributed by atoms with E-state index in [1.54, 1.807) is 0 Å². The number of fused-ring (bicyclic) bond motifs is 1. The number of ether oxygens (including phenoxy) is 1. The lowest BCUT2D eigenvalue weighted by molar-refractivity contribution is 0.395. The highest BCUT2D eigenvalue weighted by molar-refractivity contribution is 7.15. The molecule has 0 saturated heterocycles. The highest BCUT2D eigenvalue weighted by Crippen LogP contribution is 2.25. The van der Waals surface area contributed by atoms with Crippen molar-refractivity contribution in [3.05, 3.63) is 47.1 Å². The molecule has 0 aliphatic heterocycles. The first-order valence-corrected chi connectivity index (χ1v) is 6.75. The van der Waals surface area contributed by atoms with Crippen molar-refractivity contribution >= 4 is 22.0 Å². The number of benzene rings is 1. The second-order valence-electron chi connectivity index (χ2n) is 4.07. The summed E-state index contributed by atoms with van der Waals surface area (Å²) in [5.41, 5.74) is 0.561. The molecule has 0 radical (unpaired) electrons. The van der Waals surface area contributed by atoms with E-state index in [4.69, 9.17) is 4.74 Å². The van der Waals surface area contributed by atoms with Crippen LogP contribution in [-0.2, 0) is 6.54 Å². The molecule has 0 aliphatic carbocycles. The van der Waals surface area contributed by atoms with Crippen LogP contribution in [0.15, 0.2) is 29.8 Å². The number of methoxy groups -OCH3 is 1. The summed E-state index contributed by atoms with van der Waals surface area (Å²) < 4.78 is 34.1. The Bertz CT molecular complexity index is 733. The highest BCUT2D eigenvalue weighted by atomic mass is 32.1. The number of thiazole rings is 1. The third kappa shape index (κ3) is 2.09. The maximum Gasteiger partial charge on any atom is 0.238 e. The topological polar surface area (TPSA) is 38.6 Å². The molecule has 3 rings (SSSR count). The van der Waals surface area contributed by atoms with Crippen LogP contribution < -0.4 is 10.1 Å². The smallest absolute Gasteiger partial charge is 0.238 e. The molecule has 2 aromatic heterocycles. The molecule has 0 saturated carbocycles. The Morgan fingerprint density at radius 1 is 1.35 bits per heavy atom. The average Bonchev–Trinajstić information content (AvgIpc) is 2.99. The van der Waals surface area contributed by atoms with Gasteiger partial charge in [0.2, 0.25) is 5.88 Å². The Hall–Kier alpha value is -2.15. The fourth-order valence-corrected chi connectivity index (χ4v) is 2.70. The van der Waals surface area contributed by atoms with Crippen LogP contribution >= 0.6 is 11.3 Å². The van der Waals surface area contributed by atoms with Gasteiger partial charge in [0, 0.05) is 11.6 Å². The number of nitrogens with zero attached hydrogens (tertiary/aromatic N) is 2. The molecule has 4 nitrogen and oxygen atoms in total. The van der Waals surface area contributed by atoms with E-state index in [0.29, 0.717) is 11.6 Å². The molecule has 0 aliphatic rings. The summed E-state index contributed by atoms with van der Waals surface area (Å²) >= 11 is 1.46. The fourth-order valence-electron chi connectivity index (χ4n) is 1.98. The quantitative estimate of drug-likeness (QED) is 0.802. The molecule has 1 aromatic carbocycles. The van der Waals surface area contributed by atoms with Gasteiger partial charge in [0.05, 0.1) is 13.7 Å². The normalized spacial score (nSPS) is 10.9. The van der Waals surface area contributed by atoms with Crippen molar-refractivity contribution in [1.29, 1.82) is 0 Å². The monoisotopic (exact) mass is 295 g/mol. The van der Waals surface area contributed by atoms with E-state index in [1.165, 1.54) is 36.6 Å². The van der Waals surface area contributed by atoms with E-state index in [-0.39, 0.29) is 12.2 Å². The predicted molar refractivity (Wildman–Crippen MR) is 73.3 cm³/mol. The van der Waals surface area contributed by atoms with Gasteiger partial charge < -0.3 is 10.1 Å². The van der Waals surface area contributed by atoms with Crippen molar-refractivity contribution in [2.24, 2.45) is 0 Å². The van der Waals surface area contributed by atoms with Gasteiger partial charge in [-0.05, 0) is 12.1 Å². The number of rotatable bonds is 4. The third-order valence-electron chi connectivity index (χ3n) is 2.91. The van der Waals surface area contributed by atoms with Gasteiger partial charge in [0.15, 0.2) is 4.96 Å². The standard InChI is InChI=1S/C13H11F2N3OS/c1-19-12-10(18-5-6-20-13(18)17-12)7-16-11-8(14)3-2-4-9(11)15/h2-6,16H,7H2,1H3. The largest absolute Gasteiger partial charge is 0.480 e. The Kier molecular flexibility index (Phi) is 3.27. The number of anilines is 1. The van der Waals surface area contributed by atoms with Crippen molar-refractivity contribution in [2.45, 2.75) is 6.54 Å². The van der Waals surface area contributed by atoms with E-state index in [2.05, 4.69) is 10.3 Å². The van der Waals surface area contributed by atoms with Gasteiger partial charge in [-0.1, -0.05) is 6.07 Å². The highest BCUT2D eigenvalue weighted by Gasteiger charge is 2.15. The molecule has 0 amide bonds. The Morgan fingerprint density at radius 3 is 2.80 bits per heavy atom. The maximum atomic E-state index is 13.6. The van der Waals surface area contributed by atoms with Crippen LogP contribution in [0.1, 0.15) is 5.69 Å². The van der Waals surface area contributed by atoms with Crippen molar-refractivity contribution < 1.29 is 13.5 Å². The van der Waals surface area contributed by atoms with Crippen LogP contribution in [-0.4, -0.2) is 16.5 Å². The van der Waals surface area contributed by atoms with Crippen LogP contribution in [0.5, 0.6) is 5.88 Å². The number of hydrogen-bond donors (Lipinski definition) is 1. The van der Waals surface area contributed by atoms with Crippen LogP contribution in [0, 0.1) is 11.6 Å². The molecule has 0 bridgehead atoms. The lowest BCUT2D eigenvalue weighted by atomic mass is 10.3. The van der Waals surface area contributed by atoms with Crippen molar-refractivity contribution in [2.75, 3.05) is 12.4 Å². The van der Waals surface area contributed by atoms with E-state index < -0.39 is 11.6 Å². The van der Waals surface area contributed by atoms with Gasteiger partial charge in [0.1, 0.15) is 23.0 Å². The average molecular weight is 295 g/mol. The minimum Gasteiger partial charge on any atom is -0.480 e. The number of imidazole rings is 1. The zero-order chi connectivity index (χ0) is 14.1. The van der Waals surface area contributed by atoms with Gasteiger partial charge in [0.25, 0.3) is 0 Å². The van der Waals surface area contributed by atoms with Crippen molar-refractivity contribution in [3.63, 3.8) is 0 Å². The van der Waals surface area contributed by atoms with E-state index in [0.717, 1.165) is 4.96 Å². The Morgan fingerprint density at radius 2 is 2.10 bits per heavy atom. The third-order valence-corrected chi connectivity index (χ3v) is 3.67. The van der Waals surface area contributed by atoms with Gasteiger partial charge >= 0.3 is 0 Å². The zero-order valence-corrected chi connectivity index (χ0v) is 11.4. The SMILES string of the molecule is COc1nc2sccn2c1CNc1c(F)cccc1F. The van der Waals surface area contributed by atoms with Crippen molar-refractivity contribution in [1.82, 2.24) is 9.38 Å². The lowest BCUT2D eigenvalue weighted by Crippen LogP contribution is -2.06. The molecule has 1 N–H and O–H groups in total. The summed E-state index contributed by atoms with van der Waals surface area (Å²) in [4.78, 5) is 5.05. The molecule has 0 atom stereocenters. The summed E-state index contributed by atoms with van der Waals surface area (Å²) in [6.07, 6.45) is 1.84. The molecule has 0 fully saturated rings. The maximum absolute atomic E-state index is 13.6. The molecule has 0 unspecified atom stereocenters. The number of nitrogens with one attached hydrogen (secondary N) is 1. The summed E-state index contributed by atoms with van der Waals surface area (Å²) in [6.45, 7) is 0.207. The minimum atomic E-state index is -0.630. The molecular weight excluding hydrogens is 284 g/mol. The summed E-state index contributed by atoms with van der Waals surface area (Å²) in [7, 11) is 1.51. The van der Waals surface area contributed by atoms with E-state index in [1.807, 2.05) is 16.0 Å². The number of hydrogen-bond acceptors (Lipinski definition) is 4. The van der Waals surface area contributed by atoms with Crippen LogP contribution in [0.4, 0.5) is 14.5 Å². The minimum absolute atomic E-state index is 0.153. The fraction of sp³-hybridized carbons (Fsp3) is 0.154. The summed E-state index contributed by atoms with van der Waals surface area (Å²) in [6, 6.07) is 3.74. The van der Waals surface area contributed by atoms with E-state index in [9.17, 15) is 8.78 Å². The second kappa shape index (κ2) is 5.09. The molecule has 104 valence electrons. The number of para-hydroxylation sites is 1. The summed E-state index contributed by atoms with van der Waals surface area (Å²) in [5, 5.41) is 4.64. The molecule has 2 heterocycles. The molecule has 3 aromatic rings.